The predicted octanol–water partition coefficient (Wildman–Crippen LogP) is 2.41. The highest BCUT2D eigenvalue weighted by atomic mass is 15.1. The van der Waals surface area contributed by atoms with Gasteiger partial charge in [0.05, 0.1) is 17.4 Å². The van der Waals surface area contributed by atoms with Crippen LogP contribution in [-0.4, -0.2) is 15.6 Å². The number of rotatable bonds is 2. The summed E-state index contributed by atoms with van der Waals surface area (Å²) in [7, 11) is 0. The van der Waals surface area contributed by atoms with Crippen LogP contribution in [0, 0.1) is 5.41 Å². The van der Waals surface area contributed by atoms with Crippen molar-refractivity contribution in [2.24, 2.45) is 11.1 Å². The van der Waals surface area contributed by atoms with E-state index >= 15 is 0 Å². The van der Waals surface area contributed by atoms with Gasteiger partial charge in [0.15, 0.2) is 0 Å². The zero-order valence-electron chi connectivity index (χ0n) is 10.1. The second kappa shape index (κ2) is 3.91. The van der Waals surface area contributed by atoms with Gasteiger partial charge in [0.25, 0.3) is 0 Å². The van der Waals surface area contributed by atoms with E-state index in [-0.39, 0.29) is 11.5 Å². The third-order valence-electron chi connectivity index (χ3n) is 3.03. The Balaban J connectivity index is 2.28. The molecular formula is C13H19N3. The molecule has 3 nitrogen and oxygen atoms in total. The Hall–Kier alpha value is -1.35. The fraction of sp³-hybridized carbons (Fsp3) is 0.462. The number of fused-ring (bicyclic) bond motifs is 1. The Morgan fingerprint density at radius 1 is 1.31 bits per heavy atom. The quantitative estimate of drug-likeness (QED) is 0.839. The SMILES string of the molecule is CC(C)(C)C(N)Cn1cnc2ccccc21. The molecular weight excluding hydrogens is 198 g/mol. The molecule has 3 heteroatoms. The molecule has 0 aliphatic rings. The van der Waals surface area contributed by atoms with Crippen molar-refractivity contribution in [3.8, 4) is 0 Å². The molecule has 2 aromatic rings. The van der Waals surface area contributed by atoms with E-state index in [1.54, 1.807) is 0 Å². The van der Waals surface area contributed by atoms with Crippen LogP contribution in [0.1, 0.15) is 20.8 Å². The van der Waals surface area contributed by atoms with E-state index in [0.717, 1.165) is 17.6 Å². The molecule has 1 aromatic carbocycles. The van der Waals surface area contributed by atoms with E-state index in [4.69, 9.17) is 5.73 Å². The summed E-state index contributed by atoms with van der Waals surface area (Å²) in [5.74, 6) is 0. The lowest BCUT2D eigenvalue weighted by Crippen LogP contribution is -2.38. The van der Waals surface area contributed by atoms with Crippen molar-refractivity contribution in [3.63, 3.8) is 0 Å². The summed E-state index contributed by atoms with van der Waals surface area (Å²) in [6, 6.07) is 8.27. The molecule has 0 fully saturated rings. The molecule has 2 rings (SSSR count). The molecule has 2 N–H and O–H groups in total. The lowest BCUT2D eigenvalue weighted by Gasteiger charge is -2.27. The zero-order valence-corrected chi connectivity index (χ0v) is 10.1. The zero-order chi connectivity index (χ0) is 11.8. The van der Waals surface area contributed by atoms with Crippen LogP contribution in [-0.2, 0) is 6.54 Å². The van der Waals surface area contributed by atoms with Crippen molar-refractivity contribution in [2.45, 2.75) is 33.4 Å². The highest BCUT2D eigenvalue weighted by Gasteiger charge is 2.21. The molecule has 0 saturated carbocycles. The number of hydrogen-bond acceptors (Lipinski definition) is 2. The van der Waals surface area contributed by atoms with E-state index in [2.05, 4.69) is 36.4 Å². The highest BCUT2D eigenvalue weighted by molar-refractivity contribution is 5.74. The smallest absolute Gasteiger partial charge is 0.0958 e. The van der Waals surface area contributed by atoms with Gasteiger partial charge in [0.1, 0.15) is 0 Å². The number of para-hydroxylation sites is 2. The van der Waals surface area contributed by atoms with E-state index in [1.807, 2.05) is 24.5 Å². The predicted molar refractivity (Wildman–Crippen MR) is 67.2 cm³/mol. The molecule has 86 valence electrons. The minimum Gasteiger partial charge on any atom is -0.329 e. The first-order valence-corrected chi connectivity index (χ1v) is 5.64. The molecule has 0 amide bonds. The molecule has 0 aliphatic heterocycles. The fourth-order valence-electron chi connectivity index (χ4n) is 1.64. The molecule has 1 heterocycles. The molecule has 0 radical (unpaired) electrons. The maximum atomic E-state index is 6.18. The van der Waals surface area contributed by atoms with Crippen LogP contribution in [0.3, 0.4) is 0 Å². The number of nitrogens with zero attached hydrogens (tertiary/aromatic N) is 2. The van der Waals surface area contributed by atoms with Crippen LogP contribution in [0.5, 0.6) is 0 Å². The van der Waals surface area contributed by atoms with Crippen molar-refractivity contribution in [2.75, 3.05) is 0 Å². The van der Waals surface area contributed by atoms with Crippen LogP contribution < -0.4 is 5.73 Å². The fourth-order valence-corrected chi connectivity index (χ4v) is 1.64. The summed E-state index contributed by atoms with van der Waals surface area (Å²) in [5.41, 5.74) is 8.49. The minimum absolute atomic E-state index is 0.116. The molecule has 0 bridgehead atoms. The Kier molecular flexibility index (Phi) is 2.72. The summed E-state index contributed by atoms with van der Waals surface area (Å²) in [6.07, 6.45) is 1.87. The minimum atomic E-state index is 0.116. The summed E-state index contributed by atoms with van der Waals surface area (Å²) >= 11 is 0. The first-order chi connectivity index (χ1) is 7.48. The number of imidazole rings is 1. The van der Waals surface area contributed by atoms with E-state index < -0.39 is 0 Å². The monoisotopic (exact) mass is 217 g/mol. The van der Waals surface area contributed by atoms with Crippen LogP contribution in [0.2, 0.25) is 0 Å². The molecule has 0 spiro atoms. The summed E-state index contributed by atoms with van der Waals surface area (Å²) in [4.78, 5) is 4.36. The lowest BCUT2D eigenvalue weighted by atomic mass is 9.87. The molecule has 16 heavy (non-hydrogen) atoms. The van der Waals surface area contributed by atoms with E-state index in [0.29, 0.717) is 0 Å². The average Bonchev–Trinajstić information content (AvgIpc) is 2.61. The van der Waals surface area contributed by atoms with Crippen LogP contribution in [0.25, 0.3) is 11.0 Å². The third-order valence-corrected chi connectivity index (χ3v) is 3.03. The van der Waals surface area contributed by atoms with Gasteiger partial charge in [0.2, 0.25) is 0 Å². The van der Waals surface area contributed by atoms with Crippen molar-refractivity contribution in [1.82, 2.24) is 9.55 Å². The van der Waals surface area contributed by atoms with Crippen molar-refractivity contribution in [3.05, 3.63) is 30.6 Å². The maximum Gasteiger partial charge on any atom is 0.0958 e. The lowest BCUT2D eigenvalue weighted by molar-refractivity contribution is 0.293. The molecule has 0 saturated heterocycles. The van der Waals surface area contributed by atoms with Gasteiger partial charge >= 0.3 is 0 Å². The first-order valence-electron chi connectivity index (χ1n) is 5.64. The van der Waals surface area contributed by atoms with Gasteiger partial charge in [-0.3, -0.25) is 0 Å². The molecule has 1 atom stereocenters. The molecule has 0 aliphatic carbocycles. The largest absolute Gasteiger partial charge is 0.329 e. The third kappa shape index (κ3) is 2.09. The average molecular weight is 217 g/mol. The summed E-state index contributed by atoms with van der Waals surface area (Å²) < 4.78 is 2.13. The van der Waals surface area contributed by atoms with E-state index in [9.17, 15) is 0 Å². The number of hydrogen-bond donors (Lipinski definition) is 1. The number of benzene rings is 1. The Morgan fingerprint density at radius 2 is 2.00 bits per heavy atom. The number of aromatic nitrogens is 2. The van der Waals surface area contributed by atoms with Gasteiger partial charge in [-0.25, -0.2) is 4.98 Å². The van der Waals surface area contributed by atoms with E-state index in [1.165, 1.54) is 0 Å². The molecule has 1 unspecified atom stereocenters. The summed E-state index contributed by atoms with van der Waals surface area (Å²) in [5, 5.41) is 0. The van der Waals surface area contributed by atoms with Gasteiger partial charge in [0, 0.05) is 12.6 Å². The van der Waals surface area contributed by atoms with Gasteiger partial charge < -0.3 is 10.3 Å². The van der Waals surface area contributed by atoms with Crippen molar-refractivity contribution >= 4 is 11.0 Å². The maximum absolute atomic E-state index is 6.18. The van der Waals surface area contributed by atoms with Gasteiger partial charge in [-0.1, -0.05) is 32.9 Å². The Bertz CT molecular complexity index is 479. The van der Waals surface area contributed by atoms with Gasteiger partial charge in [-0.05, 0) is 17.5 Å². The summed E-state index contributed by atoms with van der Waals surface area (Å²) in [6.45, 7) is 7.30. The molecule has 1 aromatic heterocycles. The second-order valence-electron chi connectivity index (χ2n) is 5.36. The second-order valence-corrected chi connectivity index (χ2v) is 5.36. The van der Waals surface area contributed by atoms with Crippen LogP contribution >= 0.6 is 0 Å². The topological polar surface area (TPSA) is 43.8 Å². The van der Waals surface area contributed by atoms with Crippen molar-refractivity contribution < 1.29 is 0 Å². The Morgan fingerprint density at radius 3 is 2.69 bits per heavy atom. The van der Waals surface area contributed by atoms with Gasteiger partial charge in [-0.2, -0.15) is 0 Å². The standard InChI is InChI=1S/C13H19N3/c1-13(2,3)12(14)8-16-9-15-10-6-4-5-7-11(10)16/h4-7,9,12H,8,14H2,1-3H3. The van der Waals surface area contributed by atoms with Gasteiger partial charge in [-0.15, -0.1) is 0 Å². The normalized spacial score (nSPS) is 14.2. The highest BCUT2D eigenvalue weighted by Crippen LogP contribution is 2.20. The van der Waals surface area contributed by atoms with Crippen LogP contribution in [0.4, 0.5) is 0 Å². The Labute approximate surface area is 96.3 Å². The van der Waals surface area contributed by atoms with Crippen molar-refractivity contribution in [1.29, 1.82) is 0 Å². The number of nitrogens with two attached hydrogens (primary N) is 1. The van der Waals surface area contributed by atoms with Crippen LogP contribution in [0.15, 0.2) is 30.6 Å². The first kappa shape index (κ1) is 11.1.